The molecule has 1 aliphatic heterocycles. The molecule has 7 heteroatoms. The van der Waals surface area contributed by atoms with E-state index < -0.39 is 15.6 Å². The molecule has 5 nitrogen and oxygen atoms in total. The fourth-order valence-corrected chi connectivity index (χ4v) is 4.36. The van der Waals surface area contributed by atoms with Gasteiger partial charge in [0.25, 0.3) is 0 Å². The van der Waals surface area contributed by atoms with Crippen LogP contribution in [0.1, 0.15) is 25.7 Å². The Labute approximate surface area is 107 Å². The molecule has 1 saturated heterocycles. The molecule has 0 aromatic rings. The minimum atomic E-state index is -3.08. The van der Waals surface area contributed by atoms with Crippen LogP contribution in [-0.4, -0.2) is 48.8 Å². The van der Waals surface area contributed by atoms with E-state index >= 15 is 0 Å². The molecule has 17 heavy (non-hydrogen) atoms. The third kappa shape index (κ3) is 2.33. The lowest BCUT2D eigenvalue weighted by Gasteiger charge is -2.39. The van der Waals surface area contributed by atoms with Crippen molar-refractivity contribution in [3.8, 4) is 0 Å². The summed E-state index contributed by atoms with van der Waals surface area (Å²) in [6.45, 7) is 0.897. The molecule has 0 aromatic carbocycles. The highest BCUT2D eigenvalue weighted by atomic mass is 32.2. The smallest absolute Gasteiger partial charge is 0.216 e. The first-order valence-corrected chi connectivity index (χ1v) is 7.67. The Kier molecular flexibility index (Phi) is 3.46. The Hall–Kier alpha value is -0.240. The summed E-state index contributed by atoms with van der Waals surface area (Å²) >= 11 is 5.01. The Morgan fingerprint density at radius 1 is 1.41 bits per heavy atom. The van der Waals surface area contributed by atoms with Crippen LogP contribution in [0.3, 0.4) is 0 Å². The molecule has 2 rings (SSSR count). The molecular weight excluding hydrogens is 260 g/mol. The highest BCUT2D eigenvalue weighted by Crippen LogP contribution is 2.34. The van der Waals surface area contributed by atoms with E-state index in [4.69, 9.17) is 22.7 Å². The van der Waals surface area contributed by atoms with Crippen molar-refractivity contribution >= 4 is 27.2 Å². The second kappa shape index (κ2) is 4.46. The highest BCUT2D eigenvalue weighted by Gasteiger charge is 2.45. The molecule has 98 valence electrons. The minimum absolute atomic E-state index is 0.151. The van der Waals surface area contributed by atoms with Gasteiger partial charge in [0.05, 0.1) is 5.25 Å². The van der Waals surface area contributed by atoms with Gasteiger partial charge in [-0.2, -0.15) is 0 Å². The lowest BCUT2D eigenvalue weighted by Crippen LogP contribution is -2.54. The van der Waals surface area contributed by atoms with Crippen molar-refractivity contribution < 1.29 is 13.2 Å². The molecule has 0 atom stereocenters. The summed E-state index contributed by atoms with van der Waals surface area (Å²) in [6.07, 6.45) is 2.68. The van der Waals surface area contributed by atoms with Gasteiger partial charge < -0.3 is 10.5 Å². The van der Waals surface area contributed by atoms with Crippen LogP contribution >= 0.6 is 12.2 Å². The van der Waals surface area contributed by atoms with Crippen molar-refractivity contribution in [1.29, 1.82) is 0 Å². The fourth-order valence-electron chi connectivity index (χ4n) is 2.23. The van der Waals surface area contributed by atoms with Crippen molar-refractivity contribution in [2.24, 2.45) is 5.73 Å². The van der Waals surface area contributed by atoms with E-state index in [-0.39, 0.29) is 5.25 Å². The Bertz CT molecular complexity index is 409. The van der Waals surface area contributed by atoms with Gasteiger partial charge in [0.15, 0.2) is 0 Å². The molecule has 0 bridgehead atoms. The molecule has 2 fully saturated rings. The van der Waals surface area contributed by atoms with Crippen molar-refractivity contribution in [1.82, 2.24) is 4.31 Å². The number of thiocarbonyl (C=S) groups is 1. The zero-order chi connectivity index (χ0) is 12.7. The molecule has 0 spiro atoms. The SMILES string of the molecule is COC1(C(N)=S)CCN(S(=O)(=O)C2CC2)CC1. The van der Waals surface area contributed by atoms with E-state index in [0.29, 0.717) is 30.9 Å². The van der Waals surface area contributed by atoms with E-state index in [1.165, 1.54) is 0 Å². The largest absolute Gasteiger partial charge is 0.391 e. The van der Waals surface area contributed by atoms with Crippen molar-refractivity contribution in [3.63, 3.8) is 0 Å². The predicted molar refractivity (Wildman–Crippen MR) is 69.3 cm³/mol. The molecule has 0 radical (unpaired) electrons. The number of ether oxygens (including phenoxy) is 1. The third-order valence-corrected chi connectivity index (χ3v) is 6.45. The van der Waals surface area contributed by atoms with Gasteiger partial charge in [0, 0.05) is 20.2 Å². The van der Waals surface area contributed by atoms with Gasteiger partial charge in [-0.05, 0) is 25.7 Å². The normalized spacial score (nSPS) is 25.7. The zero-order valence-corrected chi connectivity index (χ0v) is 11.5. The van der Waals surface area contributed by atoms with E-state index in [2.05, 4.69) is 0 Å². The van der Waals surface area contributed by atoms with Crippen LogP contribution < -0.4 is 5.73 Å². The number of piperidine rings is 1. The average molecular weight is 278 g/mol. The summed E-state index contributed by atoms with van der Waals surface area (Å²) in [5.41, 5.74) is 5.06. The minimum Gasteiger partial charge on any atom is -0.391 e. The summed E-state index contributed by atoms with van der Waals surface area (Å²) in [6, 6.07) is 0. The number of sulfonamides is 1. The van der Waals surface area contributed by atoms with Crippen LogP contribution in [0.15, 0.2) is 0 Å². The second-order valence-corrected chi connectivity index (χ2v) is 7.36. The van der Waals surface area contributed by atoms with Gasteiger partial charge in [0.1, 0.15) is 10.6 Å². The summed E-state index contributed by atoms with van der Waals surface area (Å²) in [5, 5.41) is -0.151. The molecule has 0 unspecified atom stereocenters. The first-order valence-electron chi connectivity index (χ1n) is 5.76. The molecule has 1 saturated carbocycles. The third-order valence-electron chi connectivity index (χ3n) is 3.68. The number of methoxy groups -OCH3 is 1. The maximum absolute atomic E-state index is 12.0. The first-order chi connectivity index (χ1) is 7.92. The number of nitrogens with zero attached hydrogens (tertiary/aromatic N) is 1. The quantitative estimate of drug-likeness (QED) is 0.746. The van der Waals surface area contributed by atoms with Gasteiger partial charge in [-0.3, -0.25) is 0 Å². The molecule has 2 N–H and O–H groups in total. The topological polar surface area (TPSA) is 72.6 Å². The maximum Gasteiger partial charge on any atom is 0.216 e. The Balaban J connectivity index is 2.05. The molecule has 1 heterocycles. The monoisotopic (exact) mass is 278 g/mol. The number of hydrogen-bond donors (Lipinski definition) is 1. The van der Waals surface area contributed by atoms with Crippen LogP contribution in [0.5, 0.6) is 0 Å². The average Bonchev–Trinajstić information content (AvgIpc) is 3.13. The van der Waals surface area contributed by atoms with E-state index in [1.807, 2.05) is 0 Å². The summed E-state index contributed by atoms with van der Waals surface area (Å²) in [5.74, 6) is 0. The highest BCUT2D eigenvalue weighted by molar-refractivity contribution is 7.90. The van der Waals surface area contributed by atoms with Crippen LogP contribution in [0.25, 0.3) is 0 Å². The lowest BCUT2D eigenvalue weighted by molar-refractivity contribution is 0.0119. The van der Waals surface area contributed by atoms with Gasteiger partial charge >= 0.3 is 0 Å². The van der Waals surface area contributed by atoms with Gasteiger partial charge in [0.2, 0.25) is 10.0 Å². The Morgan fingerprint density at radius 2 is 1.94 bits per heavy atom. The molecule has 0 aromatic heterocycles. The van der Waals surface area contributed by atoms with Crippen molar-refractivity contribution in [2.45, 2.75) is 36.5 Å². The lowest BCUT2D eigenvalue weighted by atomic mass is 9.92. The second-order valence-electron chi connectivity index (χ2n) is 4.71. The Morgan fingerprint density at radius 3 is 2.29 bits per heavy atom. The van der Waals surface area contributed by atoms with Gasteiger partial charge in [-0.15, -0.1) is 0 Å². The zero-order valence-electron chi connectivity index (χ0n) is 9.89. The van der Waals surface area contributed by atoms with Gasteiger partial charge in [-0.1, -0.05) is 12.2 Å². The first kappa shape index (κ1) is 13.2. The van der Waals surface area contributed by atoms with Crippen LogP contribution in [0.2, 0.25) is 0 Å². The fraction of sp³-hybridized carbons (Fsp3) is 0.900. The standard InChI is InChI=1S/C10H18N2O3S2/c1-15-10(9(11)16)4-6-12(7-5-10)17(13,14)8-2-3-8/h8H,2-7H2,1H3,(H2,11,16). The van der Waals surface area contributed by atoms with E-state index in [1.54, 1.807) is 11.4 Å². The van der Waals surface area contributed by atoms with Crippen molar-refractivity contribution in [3.05, 3.63) is 0 Å². The molecular formula is C10H18N2O3S2. The molecule has 1 aliphatic carbocycles. The van der Waals surface area contributed by atoms with E-state index in [0.717, 1.165) is 12.8 Å². The summed E-state index contributed by atoms with van der Waals surface area (Å²) in [4.78, 5) is 0.323. The van der Waals surface area contributed by atoms with Crippen LogP contribution in [0.4, 0.5) is 0 Å². The van der Waals surface area contributed by atoms with Crippen LogP contribution in [0, 0.1) is 0 Å². The molecule has 2 aliphatic rings. The maximum atomic E-state index is 12.0. The summed E-state index contributed by atoms with van der Waals surface area (Å²) in [7, 11) is -1.51. The van der Waals surface area contributed by atoms with Crippen LogP contribution in [-0.2, 0) is 14.8 Å². The van der Waals surface area contributed by atoms with E-state index in [9.17, 15) is 8.42 Å². The number of rotatable bonds is 4. The molecule has 0 amide bonds. The number of hydrogen-bond acceptors (Lipinski definition) is 4. The van der Waals surface area contributed by atoms with Crippen molar-refractivity contribution in [2.75, 3.05) is 20.2 Å². The summed E-state index contributed by atoms with van der Waals surface area (Å²) < 4.78 is 31.0. The number of nitrogens with two attached hydrogens (primary N) is 1. The van der Waals surface area contributed by atoms with Gasteiger partial charge in [-0.25, -0.2) is 12.7 Å². The predicted octanol–water partition coefficient (Wildman–Crippen LogP) is 0.246.